The van der Waals surface area contributed by atoms with Gasteiger partial charge in [-0.05, 0) is 23.3 Å². The Bertz CT molecular complexity index is 533. The van der Waals surface area contributed by atoms with Crippen LogP contribution >= 0.6 is 0 Å². The van der Waals surface area contributed by atoms with Crippen LogP contribution in [0.1, 0.15) is 39.2 Å². The van der Waals surface area contributed by atoms with Gasteiger partial charge in [0.15, 0.2) is 6.04 Å². The van der Waals surface area contributed by atoms with Crippen LogP contribution in [-0.4, -0.2) is 39.3 Å². The number of hydroxylamine groups is 2. The molecule has 0 aliphatic rings. The van der Waals surface area contributed by atoms with Crippen LogP contribution in [0.2, 0.25) is 0 Å². The van der Waals surface area contributed by atoms with Gasteiger partial charge in [0.25, 0.3) is 5.91 Å². The molecule has 0 aromatic heterocycles. The maximum atomic E-state index is 12.2. The lowest BCUT2D eigenvalue weighted by atomic mass is 9.83. The summed E-state index contributed by atoms with van der Waals surface area (Å²) in [7, 11) is 0. The Morgan fingerprint density at radius 1 is 1.09 bits per heavy atom. The molecule has 0 fully saturated rings. The normalized spacial score (nSPS) is 16.5. The molecule has 0 radical (unpaired) electrons. The first-order chi connectivity index (χ1) is 10.7. The van der Waals surface area contributed by atoms with Crippen molar-refractivity contribution in [2.24, 2.45) is 17.6 Å². The lowest BCUT2D eigenvalue weighted by Gasteiger charge is -2.33. The predicted molar refractivity (Wildman–Crippen MR) is 86.9 cm³/mol. The molecular weight excluding hydrogens is 296 g/mol. The fourth-order valence-corrected chi connectivity index (χ4v) is 2.46. The van der Waals surface area contributed by atoms with E-state index in [1.807, 2.05) is 37.3 Å². The first-order valence-electron chi connectivity index (χ1n) is 7.73. The molecule has 0 spiro atoms. The number of carbonyl (C=O) groups is 2. The zero-order valence-electron chi connectivity index (χ0n) is 14.0. The van der Waals surface area contributed by atoms with Gasteiger partial charge < -0.3 is 10.8 Å². The van der Waals surface area contributed by atoms with Crippen molar-refractivity contribution in [2.45, 2.75) is 45.7 Å². The quantitative estimate of drug-likeness (QED) is 0.527. The SMILES string of the molecule is CC(C)C(N)C(=O)N(O)C(C(=O)O)C(C)C(C)c1ccccc1. The van der Waals surface area contributed by atoms with Crippen molar-refractivity contribution in [2.75, 3.05) is 0 Å². The highest BCUT2D eigenvalue weighted by molar-refractivity contribution is 5.86. The van der Waals surface area contributed by atoms with Crippen LogP contribution < -0.4 is 5.73 Å². The zero-order valence-corrected chi connectivity index (χ0v) is 14.0. The maximum Gasteiger partial charge on any atom is 0.329 e. The summed E-state index contributed by atoms with van der Waals surface area (Å²) in [6, 6.07) is 7.09. The molecule has 0 saturated heterocycles. The summed E-state index contributed by atoms with van der Waals surface area (Å²) < 4.78 is 0. The molecular formula is C17H26N2O4. The van der Waals surface area contributed by atoms with Gasteiger partial charge in [-0.15, -0.1) is 0 Å². The molecule has 1 aromatic carbocycles. The van der Waals surface area contributed by atoms with E-state index >= 15 is 0 Å². The molecule has 0 aliphatic heterocycles. The van der Waals surface area contributed by atoms with E-state index in [9.17, 15) is 19.9 Å². The third kappa shape index (κ3) is 4.53. The molecule has 6 heteroatoms. The molecule has 23 heavy (non-hydrogen) atoms. The Morgan fingerprint density at radius 3 is 2.04 bits per heavy atom. The van der Waals surface area contributed by atoms with Gasteiger partial charge >= 0.3 is 5.97 Å². The van der Waals surface area contributed by atoms with Crippen molar-refractivity contribution in [3.05, 3.63) is 35.9 Å². The molecule has 0 heterocycles. The molecule has 1 amide bonds. The summed E-state index contributed by atoms with van der Waals surface area (Å²) in [5.41, 5.74) is 6.69. The Morgan fingerprint density at radius 2 is 1.61 bits per heavy atom. The molecule has 0 saturated carbocycles. The number of benzene rings is 1. The largest absolute Gasteiger partial charge is 0.480 e. The van der Waals surface area contributed by atoms with E-state index in [1.165, 1.54) is 0 Å². The van der Waals surface area contributed by atoms with Crippen LogP contribution in [0.25, 0.3) is 0 Å². The summed E-state index contributed by atoms with van der Waals surface area (Å²) in [5, 5.41) is 19.9. The highest BCUT2D eigenvalue weighted by atomic mass is 16.5. The second kappa shape index (κ2) is 8.08. The van der Waals surface area contributed by atoms with Crippen LogP contribution in [0, 0.1) is 11.8 Å². The number of hydrogen-bond acceptors (Lipinski definition) is 4. The molecule has 4 unspecified atom stereocenters. The predicted octanol–water partition coefficient (Wildman–Crippen LogP) is 2.08. The van der Waals surface area contributed by atoms with Crippen LogP contribution in [0.5, 0.6) is 0 Å². The summed E-state index contributed by atoms with van der Waals surface area (Å²) in [4.78, 5) is 23.8. The van der Waals surface area contributed by atoms with Crippen molar-refractivity contribution in [1.82, 2.24) is 5.06 Å². The number of rotatable bonds is 7. The van der Waals surface area contributed by atoms with Crippen LogP contribution in [-0.2, 0) is 9.59 Å². The molecule has 0 bridgehead atoms. The number of nitrogens with two attached hydrogens (primary N) is 1. The number of hydrogen-bond donors (Lipinski definition) is 3. The van der Waals surface area contributed by atoms with Gasteiger partial charge in [0, 0.05) is 0 Å². The molecule has 4 N–H and O–H groups in total. The number of carboxylic acid groups (broad SMARTS) is 1. The van der Waals surface area contributed by atoms with Crippen LogP contribution in [0.15, 0.2) is 30.3 Å². The van der Waals surface area contributed by atoms with Gasteiger partial charge in [-0.3, -0.25) is 10.0 Å². The van der Waals surface area contributed by atoms with E-state index in [4.69, 9.17) is 5.73 Å². The van der Waals surface area contributed by atoms with E-state index in [0.29, 0.717) is 0 Å². The lowest BCUT2D eigenvalue weighted by Crippen LogP contribution is -2.54. The van der Waals surface area contributed by atoms with Crippen LogP contribution in [0.4, 0.5) is 0 Å². The first kappa shape index (κ1) is 19.1. The van der Waals surface area contributed by atoms with Gasteiger partial charge in [-0.1, -0.05) is 58.0 Å². The second-order valence-corrected chi connectivity index (χ2v) is 6.29. The van der Waals surface area contributed by atoms with E-state index in [-0.39, 0.29) is 16.9 Å². The summed E-state index contributed by atoms with van der Waals surface area (Å²) >= 11 is 0. The molecule has 128 valence electrons. The molecule has 6 nitrogen and oxygen atoms in total. The number of carbonyl (C=O) groups excluding carboxylic acids is 1. The number of amides is 1. The van der Waals surface area contributed by atoms with Crippen molar-refractivity contribution in [3.8, 4) is 0 Å². The van der Waals surface area contributed by atoms with E-state index < -0.39 is 29.9 Å². The minimum absolute atomic E-state index is 0.157. The number of nitrogens with zero attached hydrogens (tertiary/aromatic N) is 1. The van der Waals surface area contributed by atoms with Crippen LogP contribution in [0.3, 0.4) is 0 Å². The third-order valence-corrected chi connectivity index (χ3v) is 4.36. The first-order valence-corrected chi connectivity index (χ1v) is 7.73. The van der Waals surface area contributed by atoms with Gasteiger partial charge in [0.2, 0.25) is 0 Å². The van der Waals surface area contributed by atoms with Crippen molar-refractivity contribution in [3.63, 3.8) is 0 Å². The van der Waals surface area contributed by atoms with Crippen molar-refractivity contribution < 1.29 is 19.9 Å². The summed E-state index contributed by atoms with van der Waals surface area (Å²) in [6.07, 6.45) is 0. The molecule has 0 aliphatic carbocycles. The molecule has 4 atom stereocenters. The molecule has 1 rings (SSSR count). The van der Waals surface area contributed by atoms with Gasteiger partial charge in [0.1, 0.15) is 0 Å². The number of aliphatic carboxylic acids is 1. The molecule has 1 aromatic rings. The monoisotopic (exact) mass is 322 g/mol. The highest BCUT2D eigenvalue weighted by Gasteiger charge is 2.38. The van der Waals surface area contributed by atoms with Crippen molar-refractivity contribution in [1.29, 1.82) is 0 Å². The van der Waals surface area contributed by atoms with E-state index in [0.717, 1.165) is 5.56 Å². The van der Waals surface area contributed by atoms with Gasteiger partial charge in [0.05, 0.1) is 6.04 Å². The summed E-state index contributed by atoms with van der Waals surface area (Å²) in [6.45, 7) is 7.05. The minimum Gasteiger partial charge on any atom is -0.480 e. The smallest absolute Gasteiger partial charge is 0.329 e. The summed E-state index contributed by atoms with van der Waals surface area (Å²) in [5.74, 6) is -2.89. The average molecular weight is 322 g/mol. The van der Waals surface area contributed by atoms with Crippen molar-refractivity contribution >= 4 is 11.9 Å². The average Bonchev–Trinajstić information content (AvgIpc) is 2.52. The Hall–Kier alpha value is -1.92. The highest BCUT2D eigenvalue weighted by Crippen LogP contribution is 2.29. The second-order valence-electron chi connectivity index (χ2n) is 6.29. The van der Waals surface area contributed by atoms with E-state index in [2.05, 4.69) is 0 Å². The minimum atomic E-state index is -1.36. The Kier molecular flexibility index (Phi) is 6.72. The Labute approximate surface area is 136 Å². The fourth-order valence-electron chi connectivity index (χ4n) is 2.46. The fraction of sp³-hybridized carbons (Fsp3) is 0.529. The maximum absolute atomic E-state index is 12.2. The Balaban J connectivity index is 3.01. The number of carboxylic acids is 1. The van der Waals surface area contributed by atoms with Gasteiger partial charge in [-0.25, -0.2) is 9.86 Å². The van der Waals surface area contributed by atoms with E-state index in [1.54, 1.807) is 20.8 Å². The standard InChI is InChI=1S/C17H26N2O4/c1-10(2)14(18)16(20)19(23)15(17(21)22)12(4)11(3)13-8-6-5-7-9-13/h5-12,14-15,23H,18H2,1-4H3,(H,21,22). The lowest BCUT2D eigenvalue weighted by molar-refractivity contribution is -0.193. The topological polar surface area (TPSA) is 104 Å². The zero-order chi connectivity index (χ0) is 17.7. The third-order valence-electron chi connectivity index (χ3n) is 4.36. The van der Waals surface area contributed by atoms with Gasteiger partial charge in [-0.2, -0.15) is 0 Å².